The SMILES string of the molecule is Cc1ncsc1-c1ccc(CNC(=O)[C@@H]2C[C@H](OC(=O)[C@@H](C)C(C)C)CN2C(=O)[C@@H](NC(=O)COCCCCOc2ccc(C(=O)NC3C(C)(C)C(Oc4ccc(C#N)c(Cl)c4)C3(C)C)cc2)C(C)(C)C)cc1. The molecule has 392 valence electrons. The second kappa shape index (κ2) is 23.9. The van der Waals surface area contributed by atoms with E-state index in [9.17, 15) is 29.2 Å². The molecule has 15 nitrogen and oxygen atoms in total. The molecular formula is C56H71ClN6O9S. The number of halogens is 1. The summed E-state index contributed by atoms with van der Waals surface area (Å²) in [5.74, 6) is -1.08. The summed E-state index contributed by atoms with van der Waals surface area (Å²) in [5, 5.41) is 18.6. The maximum Gasteiger partial charge on any atom is 0.309 e. The number of likely N-dealkylation sites (tertiary alicyclic amines) is 1. The molecule has 2 heterocycles. The molecule has 4 atom stereocenters. The van der Waals surface area contributed by atoms with Crippen molar-refractivity contribution >= 4 is 52.5 Å². The lowest BCUT2D eigenvalue weighted by Crippen LogP contribution is -2.74. The van der Waals surface area contributed by atoms with Crippen LogP contribution in [0.3, 0.4) is 0 Å². The molecule has 17 heteroatoms. The van der Waals surface area contributed by atoms with Crippen molar-refractivity contribution in [1.29, 1.82) is 5.26 Å². The molecule has 3 N–H and O–H groups in total. The number of esters is 1. The first-order valence-corrected chi connectivity index (χ1v) is 26.2. The molecule has 4 amide bonds. The van der Waals surface area contributed by atoms with Gasteiger partial charge in [0.2, 0.25) is 17.7 Å². The Bertz CT molecular complexity index is 2620. The monoisotopic (exact) mass is 1040 g/mol. The quantitative estimate of drug-likeness (QED) is 0.0532. The number of rotatable bonds is 21. The van der Waals surface area contributed by atoms with E-state index in [1.54, 1.807) is 60.7 Å². The number of ether oxygens (including phenoxy) is 4. The van der Waals surface area contributed by atoms with Gasteiger partial charge in [0.25, 0.3) is 5.91 Å². The fraction of sp³-hybridized carbons (Fsp3) is 0.518. The van der Waals surface area contributed by atoms with Gasteiger partial charge < -0.3 is 39.8 Å². The first-order chi connectivity index (χ1) is 34.4. The van der Waals surface area contributed by atoms with E-state index < -0.39 is 46.2 Å². The molecular weight excluding hydrogens is 968 g/mol. The Labute approximate surface area is 439 Å². The number of nitrogens with zero attached hydrogens (tertiary/aromatic N) is 3. The minimum absolute atomic E-state index is 0.00534. The first-order valence-electron chi connectivity index (χ1n) is 25.0. The number of carbonyl (C=O) groups excluding carboxylic acids is 5. The fourth-order valence-electron chi connectivity index (χ4n) is 9.77. The normalized spacial score (nSPS) is 19.7. The Hall–Kier alpha value is -6.02. The highest BCUT2D eigenvalue weighted by atomic mass is 35.5. The van der Waals surface area contributed by atoms with E-state index in [4.69, 9.17) is 30.5 Å². The summed E-state index contributed by atoms with van der Waals surface area (Å²) in [6.07, 6.45) is 0.418. The molecule has 6 rings (SSSR count). The highest BCUT2D eigenvalue weighted by molar-refractivity contribution is 7.13. The predicted molar refractivity (Wildman–Crippen MR) is 281 cm³/mol. The van der Waals surface area contributed by atoms with Crippen LogP contribution in [0.4, 0.5) is 0 Å². The summed E-state index contributed by atoms with van der Waals surface area (Å²) in [5.41, 5.74) is 3.98. The third kappa shape index (κ3) is 13.8. The van der Waals surface area contributed by atoms with Crippen molar-refractivity contribution in [2.75, 3.05) is 26.4 Å². The highest BCUT2D eigenvalue weighted by Gasteiger charge is 2.64. The third-order valence-corrected chi connectivity index (χ3v) is 15.4. The molecule has 0 spiro atoms. The van der Waals surface area contributed by atoms with E-state index in [0.29, 0.717) is 47.1 Å². The average molecular weight is 1040 g/mol. The maximum atomic E-state index is 14.5. The van der Waals surface area contributed by atoms with Crippen molar-refractivity contribution in [2.24, 2.45) is 28.1 Å². The second-order valence-corrected chi connectivity index (χ2v) is 23.1. The molecule has 73 heavy (non-hydrogen) atoms. The summed E-state index contributed by atoms with van der Waals surface area (Å²) >= 11 is 7.81. The van der Waals surface area contributed by atoms with Gasteiger partial charge in [-0.05, 0) is 78.6 Å². The Morgan fingerprint density at radius 1 is 0.932 bits per heavy atom. The number of thiazole rings is 1. The molecule has 2 fully saturated rings. The number of nitriles is 1. The van der Waals surface area contributed by atoms with Crippen LogP contribution in [0.2, 0.25) is 5.02 Å². The standard InChI is InChI=1S/C56H71ClN6O9S/c1-33(2)34(3)51(68)71-42-27-44(49(66)59-29-36-14-16-37(17-15-36)46-35(4)60-32-73-46)63(30-42)50(67)47(54(5,6)7)61-45(64)31-69-24-12-13-25-70-40-21-18-38(19-22-40)48(65)62-52-55(8,9)53(56(52,10)11)72-41-23-20-39(28-58)43(57)26-41/h14-23,26,32-34,42,44,47,52-53H,12-13,24-25,27,29-31H2,1-11H3,(H,59,66)(H,61,64)(H,62,65)/t34-,42-,44-,47+,52?,53?/m0/s1. The van der Waals surface area contributed by atoms with Gasteiger partial charge in [-0.2, -0.15) is 5.26 Å². The summed E-state index contributed by atoms with van der Waals surface area (Å²) in [7, 11) is 0. The lowest BCUT2D eigenvalue weighted by Gasteiger charge is -2.63. The number of amides is 4. The molecule has 1 saturated carbocycles. The van der Waals surface area contributed by atoms with Crippen molar-refractivity contribution < 1.29 is 42.9 Å². The summed E-state index contributed by atoms with van der Waals surface area (Å²) < 4.78 is 23.9. The molecule has 1 aliphatic carbocycles. The highest BCUT2D eigenvalue weighted by Crippen LogP contribution is 2.55. The van der Waals surface area contributed by atoms with Gasteiger partial charge in [0, 0.05) is 48.1 Å². The van der Waals surface area contributed by atoms with Gasteiger partial charge in [-0.1, -0.05) is 105 Å². The van der Waals surface area contributed by atoms with E-state index in [1.807, 2.05) is 71.3 Å². The Morgan fingerprint density at radius 2 is 1.59 bits per heavy atom. The van der Waals surface area contributed by atoms with Gasteiger partial charge in [0.05, 0.1) is 45.7 Å². The Morgan fingerprint density at radius 3 is 2.19 bits per heavy atom. The largest absolute Gasteiger partial charge is 0.494 e. The van der Waals surface area contributed by atoms with Crippen LogP contribution >= 0.6 is 22.9 Å². The van der Waals surface area contributed by atoms with E-state index in [0.717, 1.165) is 21.7 Å². The number of hydrogen-bond acceptors (Lipinski definition) is 12. The number of hydrogen-bond donors (Lipinski definition) is 3. The van der Waals surface area contributed by atoms with Gasteiger partial charge in [-0.3, -0.25) is 24.0 Å². The van der Waals surface area contributed by atoms with Crippen LogP contribution in [0, 0.1) is 46.3 Å². The average Bonchev–Trinajstić information content (AvgIpc) is 3.98. The minimum atomic E-state index is -1.01. The molecule has 1 saturated heterocycles. The van der Waals surface area contributed by atoms with Crippen molar-refractivity contribution in [3.05, 3.63) is 99.6 Å². The second-order valence-electron chi connectivity index (χ2n) is 21.8. The zero-order chi connectivity index (χ0) is 53.4. The number of aryl methyl sites for hydroxylation is 1. The number of nitrogens with one attached hydrogen (secondary N) is 3. The van der Waals surface area contributed by atoms with Crippen molar-refractivity contribution in [2.45, 2.75) is 132 Å². The summed E-state index contributed by atoms with van der Waals surface area (Å²) in [6.45, 7) is 22.0. The van der Waals surface area contributed by atoms with Crippen molar-refractivity contribution in [3.8, 4) is 28.0 Å². The maximum absolute atomic E-state index is 14.5. The van der Waals surface area contributed by atoms with E-state index in [-0.39, 0.29) is 74.5 Å². The Balaban J connectivity index is 0.951. The fourth-order valence-corrected chi connectivity index (χ4v) is 10.8. The number of carbonyl (C=O) groups is 5. The van der Waals surface area contributed by atoms with Crippen molar-refractivity contribution in [1.82, 2.24) is 25.8 Å². The zero-order valence-electron chi connectivity index (χ0n) is 43.9. The molecule has 2 aliphatic rings. The number of benzene rings is 3. The molecule has 0 radical (unpaired) electrons. The van der Waals surface area contributed by atoms with Gasteiger partial charge in [-0.25, -0.2) is 4.98 Å². The Kier molecular flexibility index (Phi) is 18.4. The number of unbranched alkanes of at least 4 members (excludes halogenated alkanes) is 1. The topological polar surface area (TPSA) is 198 Å². The van der Waals surface area contributed by atoms with Crippen LogP contribution in [-0.2, 0) is 35.2 Å². The van der Waals surface area contributed by atoms with Crippen LogP contribution in [0.15, 0.2) is 72.2 Å². The summed E-state index contributed by atoms with van der Waals surface area (Å²) in [4.78, 5) is 75.0. The van der Waals surface area contributed by atoms with Crippen LogP contribution in [0.1, 0.15) is 116 Å². The lowest BCUT2D eigenvalue weighted by atomic mass is 9.49. The predicted octanol–water partition coefficient (Wildman–Crippen LogP) is 9.08. The van der Waals surface area contributed by atoms with E-state index >= 15 is 0 Å². The van der Waals surface area contributed by atoms with Gasteiger partial charge in [0.1, 0.15) is 48.5 Å². The zero-order valence-corrected chi connectivity index (χ0v) is 45.5. The molecule has 4 aromatic rings. The number of aromatic nitrogens is 1. The summed E-state index contributed by atoms with van der Waals surface area (Å²) in [6, 6.07) is 19.7. The van der Waals surface area contributed by atoms with Crippen LogP contribution in [0.25, 0.3) is 10.4 Å². The van der Waals surface area contributed by atoms with Crippen LogP contribution in [0.5, 0.6) is 11.5 Å². The third-order valence-electron chi connectivity index (χ3n) is 14.1. The van der Waals surface area contributed by atoms with Gasteiger partial charge >= 0.3 is 5.97 Å². The van der Waals surface area contributed by atoms with E-state index in [1.165, 1.54) is 4.90 Å². The minimum Gasteiger partial charge on any atom is -0.494 e. The lowest BCUT2D eigenvalue weighted by molar-refractivity contribution is -0.164. The molecule has 0 bridgehead atoms. The van der Waals surface area contributed by atoms with Gasteiger partial charge in [0.15, 0.2) is 0 Å². The molecule has 0 unspecified atom stereocenters. The van der Waals surface area contributed by atoms with Crippen molar-refractivity contribution in [3.63, 3.8) is 0 Å². The van der Waals surface area contributed by atoms with Gasteiger partial charge in [-0.15, -0.1) is 11.3 Å². The molecule has 1 aromatic heterocycles. The first kappa shape index (κ1) is 56.3. The molecule has 3 aromatic carbocycles. The van der Waals surface area contributed by atoms with Crippen LogP contribution in [-0.4, -0.2) is 96.2 Å². The molecule has 1 aliphatic heterocycles. The van der Waals surface area contributed by atoms with Crippen LogP contribution < -0.4 is 25.4 Å². The smallest absolute Gasteiger partial charge is 0.309 e. The van der Waals surface area contributed by atoms with E-state index in [2.05, 4.69) is 54.7 Å².